The van der Waals surface area contributed by atoms with Gasteiger partial charge in [-0.2, -0.15) is 8.42 Å². The van der Waals surface area contributed by atoms with Gasteiger partial charge >= 0.3 is 0 Å². The fourth-order valence-corrected chi connectivity index (χ4v) is 6.74. The van der Waals surface area contributed by atoms with Crippen molar-refractivity contribution in [3.8, 4) is 0 Å². The molecule has 0 saturated carbocycles. The summed E-state index contributed by atoms with van der Waals surface area (Å²) in [6.07, 6.45) is 45.5. The monoisotopic (exact) mass is 696 g/mol. The van der Waals surface area contributed by atoms with Crippen LogP contribution in [0, 0.1) is 0 Å². The lowest BCUT2D eigenvalue weighted by Crippen LogP contribution is -2.46. The molecule has 0 fully saturated rings. The average molecular weight is 696 g/mol. The van der Waals surface area contributed by atoms with Crippen LogP contribution in [0.1, 0.15) is 200 Å². The molecule has 2 atom stereocenters. The Morgan fingerprint density at radius 3 is 1.40 bits per heavy atom. The quantitative estimate of drug-likeness (QED) is 0.0344. The number of carbonyl (C=O) groups is 1. The smallest absolute Gasteiger partial charge is 0.267 e. The van der Waals surface area contributed by atoms with Crippen LogP contribution in [-0.2, 0) is 14.9 Å². The third-order valence-electron chi connectivity index (χ3n) is 9.06. The van der Waals surface area contributed by atoms with E-state index >= 15 is 0 Å². The van der Waals surface area contributed by atoms with Crippen LogP contribution >= 0.6 is 0 Å². The Morgan fingerprint density at radius 2 is 0.938 bits per heavy atom. The Labute approximate surface area is 297 Å². The van der Waals surface area contributed by atoms with Gasteiger partial charge in [0.2, 0.25) is 5.91 Å². The summed E-state index contributed by atoms with van der Waals surface area (Å²) in [7, 11) is -4.34. The molecule has 2 unspecified atom stereocenters. The van der Waals surface area contributed by atoms with E-state index in [0.29, 0.717) is 6.42 Å². The van der Waals surface area contributed by atoms with E-state index in [9.17, 15) is 22.9 Å². The maximum atomic E-state index is 12.5. The number of amides is 1. The van der Waals surface area contributed by atoms with E-state index in [1.54, 1.807) is 6.08 Å². The zero-order valence-electron chi connectivity index (χ0n) is 31.4. The normalized spacial score (nSPS) is 13.7. The van der Waals surface area contributed by atoms with E-state index in [0.717, 1.165) is 44.9 Å². The number of nitrogens with one attached hydrogen (secondary N) is 1. The van der Waals surface area contributed by atoms with Gasteiger partial charge in [-0.3, -0.25) is 9.35 Å². The number of unbranched alkanes of at least 4 members (excludes halogenated alkanes) is 24. The summed E-state index contributed by atoms with van der Waals surface area (Å²) in [5, 5.41) is 13.2. The average Bonchev–Trinajstić information content (AvgIpc) is 3.05. The predicted molar refractivity (Wildman–Crippen MR) is 207 cm³/mol. The van der Waals surface area contributed by atoms with Crippen LogP contribution in [0.4, 0.5) is 0 Å². The first-order valence-electron chi connectivity index (χ1n) is 20.2. The van der Waals surface area contributed by atoms with Crippen molar-refractivity contribution in [2.75, 3.05) is 5.75 Å². The van der Waals surface area contributed by atoms with Gasteiger partial charge in [-0.05, 0) is 51.4 Å². The van der Waals surface area contributed by atoms with Crippen molar-refractivity contribution in [1.82, 2.24) is 5.32 Å². The number of carbonyl (C=O) groups excluding carboxylic acids is 1. The first-order chi connectivity index (χ1) is 23.3. The lowest BCUT2D eigenvalue weighted by atomic mass is 10.0. The lowest BCUT2D eigenvalue weighted by molar-refractivity contribution is -0.122. The highest BCUT2D eigenvalue weighted by Gasteiger charge is 2.24. The Bertz CT molecular complexity index is 899. The fourth-order valence-electron chi connectivity index (χ4n) is 6.01. The van der Waals surface area contributed by atoms with E-state index in [-0.39, 0.29) is 5.91 Å². The highest BCUT2D eigenvalue weighted by molar-refractivity contribution is 7.85. The van der Waals surface area contributed by atoms with Gasteiger partial charge in [0.15, 0.2) is 0 Å². The van der Waals surface area contributed by atoms with Gasteiger partial charge in [0.25, 0.3) is 10.1 Å². The highest BCUT2D eigenvalue weighted by atomic mass is 32.2. The van der Waals surface area contributed by atoms with Crippen molar-refractivity contribution >= 4 is 16.0 Å². The molecular formula is C41H77NO5S. The Morgan fingerprint density at radius 1 is 0.562 bits per heavy atom. The highest BCUT2D eigenvalue weighted by Crippen LogP contribution is 2.14. The van der Waals surface area contributed by atoms with Crippen molar-refractivity contribution in [2.24, 2.45) is 0 Å². The van der Waals surface area contributed by atoms with Gasteiger partial charge in [0.1, 0.15) is 0 Å². The molecule has 0 aromatic carbocycles. The topological polar surface area (TPSA) is 104 Å². The number of hydrogen-bond donors (Lipinski definition) is 3. The maximum absolute atomic E-state index is 12.5. The van der Waals surface area contributed by atoms with Crippen molar-refractivity contribution < 1.29 is 22.9 Å². The lowest BCUT2D eigenvalue weighted by Gasteiger charge is -2.21. The summed E-state index contributed by atoms with van der Waals surface area (Å²) in [6, 6.07) is -1.06. The van der Waals surface area contributed by atoms with Crippen LogP contribution in [0.3, 0.4) is 0 Å². The molecule has 0 aliphatic heterocycles. The van der Waals surface area contributed by atoms with E-state index in [4.69, 9.17) is 0 Å². The molecular weight excluding hydrogens is 619 g/mol. The molecule has 0 aliphatic carbocycles. The molecule has 48 heavy (non-hydrogen) atoms. The molecule has 282 valence electrons. The Balaban J connectivity index is 3.92. The minimum absolute atomic E-state index is 0.283. The zero-order chi connectivity index (χ0) is 35.4. The van der Waals surface area contributed by atoms with Crippen molar-refractivity contribution in [2.45, 2.75) is 212 Å². The molecule has 6 nitrogen and oxygen atoms in total. The maximum Gasteiger partial charge on any atom is 0.267 e. The van der Waals surface area contributed by atoms with Crippen LogP contribution in [-0.4, -0.2) is 41.9 Å². The van der Waals surface area contributed by atoms with Gasteiger partial charge < -0.3 is 10.4 Å². The van der Waals surface area contributed by atoms with Crippen LogP contribution in [0.2, 0.25) is 0 Å². The molecule has 0 radical (unpaired) electrons. The van der Waals surface area contributed by atoms with Crippen LogP contribution in [0.25, 0.3) is 0 Å². The van der Waals surface area contributed by atoms with Crippen LogP contribution in [0.5, 0.6) is 0 Å². The molecule has 0 aromatic heterocycles. The van der Waals surface area contributed by atoms with Gasteiger partial charge in [-0.25, -0.2) is 0 Å². The van der Waals surface area contributed by atoms with Crippen molar-refractivity contribution in [3.63, 3.8) is 0 Å². The third-order valence-corrected chi connectivity index (χ3v) is 9.84. The molecule has 0 aromatic rings. The second-order valence-corrected chi connectivity index (χ2v) is 15.4. The van der Waals surface area contributed by atoms with Crippen LogP contribution < -0.4 is 5.32 Å². The van der Waals surface area contributed by atoms with E-state index in [2.05, 4.69) is 43.5 Å². The van der Waals surface area contributed by atoms with Gasteiger partial charge in [0, 0.05) is 6.42 Å². The molecule has 0 rings (SSSR count). The molecule has 0 bridgehead atoms. The Hall–Kier alpha value is -1.44. The standard InChI is InChI=1S/C41H77NO5S/c1-3-5-7-9-11-13-15-17-19-20-21-22-23-25-27-29-31-33-35-37-41(44)42-39(38-48(45,46)47)40(43)36-34-32-30-28-26-24-18-16-14-12-10-8-6-4-2/h11,13,17,19,34,36,39-40,43H,3-10,12,14-16,18,20-33,35,37-38H2,1-2H3,(H,42,44)(H,45,46,47)/b13-11-,19-17-,36-34+. The summed E-state index contributed by atoms with van der Waals surface area (Å²) in [4.78, 5) is 12.5. The molecule has 7 heteroatoms. The Kier molecular flexibility index (Phi) is 34.3. The van der Waals surface area contributed by atoms with Crippen LogP contribution in [0.15, 0.2) is 36.5 Å². The zero-order valence-corrected chi connectivity index (χ0v) is 32.2. The van der Waals surface area contributed by atoms with Gasteiger partial charge in [-0.1, -0.05) is 179 Å². The first-order valence-corrected chi connectivity index (χ1v) is 21.8. The number of aliphatic hydroxyl groups excluding tert-OH is 1. The summed E-state index contributed by atoms with van der Waals surface area (Å²) in [5.41, 5.74) is 0. The number of hydrogen-bond acceptors (Lipinski definition) is 4. The van der Waals surface area contributed by atoms with Crippen molar-refractivity contribution in [3.05, 3.63) is 36.5 Å². The van der Waals surface area contributed by atoms with Crippen molar-refractivity contribution in [1.29, 1.82) is 0 Å². The largest absolute Gasteiger partial charge is 0.387 e. The van der Waals surface area contributed by atoms with E-state index in [1.165, 1.54) is 135 Å². The molecule has 0 heterocycles. The molecule has 0 saturated heterocycles. The fraction of sp³-hybridized carbons (Fsp3) is 0.829. The number of allylic oxidation sites excluding steroid dienone is 5. The summed E-state index contributed by atoms with van der Waals surface area (Å²) >= 11 is 0. The SMILES string of the molecule is CCCCC/C=C\C/C=C\CCCCCCCCCCCC(=O)NC(CS(=O)(=O)O)C(O)/C=C/CCCCCCCCCCCCCC. The number of rotatable bonds is 36. The van der Waals surface area contributed by atoms with E-state index in [1.807, 2.05) is 6.08 Å². The molecule has 0 aliphatic rings. The second kappa shape index (κ2) is 35.4. The molecule has 3 N–H and O–H groups in total. The predicted octanol–water partition coefficient (Wildman–Crippen LogP) is 11.7. The first kappa shape index (κ1) is 46.6. The number of aliphatic hydroxyl groups is 1. The molecule has 0 spiro atoms. The van der Waals surface area contributed by atoms with Gasteiger partial charge in [-0.15, -0.1) is 0 Å². The molecule has 1 amide bonds. The summed E-state index contributed by atoms with van der Waals surface area (Å²) in [6.45, 7) is 4.49. The second-order valence-electron chi connectivity index (χ2n) is 13.9. The summed E-state index contributed by atoms with van der Waals surface area (Å²) in [5.74, 6) is -0.982. The van der Waals surface area contributed by atoms with Gasteiger partial charge in [0.05, 0.1) is 17.9 Å². The summed E-state index contributed by atoms with van der Waals surface area (Å²) < 4.78 is 32.4. The van der Waals surface area contributed by atoms with E-state index < -0.39 is 28.0 Å². The third kappa shape index (κ3) is 35.9. The minimum Gasteiger partial charge on any atom is -0.387 e. The minimum atomic E-state index is -4.34.